The molecule has 4 heterocycles. The van der Waals surface area contributed by atoms with Crippen molar-refractivity contribution in [3.63, 3.8) is 0 Å². The molecule has 1 aromatic rings. The molecule has 13 heteroatoms. The fourth-order valence-corrected chi connectivity index (χ4v) is 3.74. The number of nitrogens with zero attached hydrogens (tertiary/aromatic N) is 6. The number of morpholine rings is 2. The molecule has 0 aromatic carbocycles. The van der Waals surface area contributed by atoms with Gasteiger partial charge in [0.2, 0.25) is 0 Å². The molecule has 3 amide bonds. The third-order valence-corrected chi connectivity index (χ3v) is 5.59. The quantitative estimate of drug-likeness (QED) is 0.304. The van der Waals surface area contributed by atoms with Gasteiger partial charge in [0.25, 0.3) is 17.7 Å². The van der Waals surface area contributed by atoms with Gasteiger partial charge < -0.3 is 24.4 Å². The largest absolute Gasteiger partial charge is 1.00 e. The van der Waals surface area contributed by atoms with Crippen LogP contribution in [-0.2, 0) is 26.1 Å². The minimum Gasteiger partial charge on any atom is -0.858 e. The number of carbonyl (C=O) groups excluding carboxylic acids is 3. The fraction of sp³-hybridized carbons (Fsp3) is 0.476. The monoisotopic (exact) mass is 496 g/mol. The van der Waals surface area contributed by atoms with Crippen LogP contribution in [0.4, 0.5) is 0 Å². The van der Waals surface area contributed by atoms with Crippen LogP contribution >= 0.6 is 0 Å². The van der Waals surface area contributed by atoms with Crippen LogP contribution in [0.2, 0.25) is 0 Å². The Labute approximate surface area is 239 Å². The SMILES string of the molecule is CN1N=C(C(=O)N2CCOCC2)/C(=C/C=C/c2c(C(=O)N3CCOCC3)nn(C)c2[O-])C1=O.[K+]. The third kappa shape index (κ3) is 5.51. The zero-order valence-electron chi connectivity index (χ0n) is 19.5. The Morgan fingerprint density at radius 1 is 0.971 bits per heavy atom. The Kier molecular flexibility index (Phi) is 9.20. The Bertz CT molecular complexity index is 1050. The van der Waals surface area contributed by atoms with Gasteiger partial charge in [-0.05, 0) is 12.0 Å². The normalized spacial score (nSPS) is 20.2. The summed E-state index contributed by atoms with van der Waals surface area (Å²) >= 11 is 0. The van der Waals surface area contributed by atoms with Gasteiger partial charge in [-0.1, -0.05) is 12.2 Å². The summed E-state index contributed by atoms with van der Waals surface area (Å²) in [7, 11) is 2.94. The third-order valence-electron chi connectivity index (χ3n) is 5.59. The molecule has 1 aromatic heterocycles. The number of rotatable bonds is 4. The van der Waals surface area contributed by atoms with E-state index >= 15 is 0 Å². The Balaban J connectivity index is 0.00000324. The maximum absolute atomic E-state index is 12.9. The van der Waals surface area contributed by atoms with E-state index in [0.29, 0.717) is 52.6 Å². The van der Waals surface area contributed by atoms with E-state index in [1.54, 1.807) is 9.80 Å². The van der Waals surface area contributed by atoms with Gasteiger partial charge in [0.05, 0.1) is 32.0 Å². The maximum Gasteiger partial charge on any atom is 1.00 e. The first-order valence-electron chi connectivity index (χ1n) is 10.6. The second-order valence-corrected chi connectivity index (χ2v) is 7.72. The van der Waals surface area contributed by atoms with Crippen LogP contribution in [0.5, 0.6) is 5.88 Å². The van der Waals surface area contributed by atoms with E-state index in [4.69, 9.17) is 9.47 Å². The average Bonchev–Trinajstić information content (AvgIpc) is 3.29. The Morgan fingerprint density at radius 2 is 1.53 bits per heavy atom. The molecule has 0 atom stereocenters. The second kappa shape index (κ2) is 11.7. The molecule has 176 valence electrons. The van der Waals surface area contributed by atoms with Crippen molar-refractivity contribution < 1.29 is 80.3 Å². The summed E-state index contributed by atoms with van der Waals surface area (Å²) in [5, 5.41) is 21.9. The summed E-state index contributed by atoms with van der Waals surface area (Å²) in [5.74, 6) is -1.58. The smallest absolute Gasteiger partial charge is 0.858 e. The van der Waals surface area contributed by atoms with Crippen LogP contribution in [-0.4, -0.2) is 108 Å². The van der Waals surface area contributed by atoms with Crippen LogP contribution in [0, 0.1) is 0 Å². The zero-order chi connectivity index (χ0) is 23.5. The minimum absolute atomic E-state index is 0. The molecule has 3 aliphatic rings. The molecule has 3 aliphatic heterocycles. The van der Waals surface area contributed by atoms with Crippen molar-refractivity contribution in [2.24, 2.45) is 12.1 Å². The van der Waals surface area contributed by atoms with Gasteiger partial charge in [-0.2, -0.15) is 10.2 Å². The topological polar surface area (TPSA) is 133 Å². The number of amides is 3. The summed E-state index contributed by atoms with van der Waals surface area (Å²) in [4.78, 5) is 41.5. The summed E-state index contributed by atoms with van der Waals surface area (Å²) in [5.41, 5.74) is 0.296. The van der Waals surface area contributed by atoms with Gasteiger partial charge in [-0.15, -0.1) is 0 Å². The molecule has 0 N–H and O–H groups in total. The predicted octanol–water partition coefficient (Wildman–Crippen LogP) is -4.40. The number of hydrogen-bond donors (Lipinski definition) is 0. The van der Waals surface area contributed by atoms with Gasteiger partial charge >= 0.3 is 51.4 Å². The van der Waals surface area contributed by atoms with E-state index in [1.807, 2.05) is 0 Å². The van der Waals surface area contributed by atoms with E-state index in [2.05, 4.69) is 10.2 Å². The summed E-state index contributed by atoms with van der Waals surface area (Å²) < 4.78 is 11.6. The van der Waals surface area contributed by atoms with Gasteiger partial charge in [0.1, 0.15) is 0 Å². The first-order valence-corrected chi connectivity index (χ1v) is 10.6. The van der Waals surface area contributed by atoms with E-state index in [9.17, 15) is 19.5 Å². The van der Waals surface area contributed by atoms with E-state index < -0.39 is 11.8 Å². The van der Waals surface area contributed by atoms with Gasteiger partial charge in [0, 0.05) is 45.8 Å². The number of hydrazone groups is 1. The van der Waals surface area contributed by atoms with E-state index in [1.165, 1.54) is 32.3 Å². The molecular weight excluding hydrogens is 471 g/mol. The first-order chi connectivity index (χ1) is 15.9. The zero-order valence-corrected chi connectivity index (χ0v) is 22.6. The van der Waals surface area contributed by atoms with Crippen molar-refractivity contribution in [1.82, 2.24) is 24.6 Å². The molecule has 2 fully saturated rings. The summed E-state index contributed by atoms with van der Waals surface area (Å²) in [6, 6.07) is 0. The molecule has 0 spiro atoms. The van der Waals surface area contributed by atoms with Gasteiger partial charge in [-0.3, -0.25) is 19.1 Å². The van der Waals surface area contributed by atoms with Crippen molar-refractivity contribution in [2.45, 2.75) is 0 Å². The van der Waals surface area contributed by atoms with E-state index in [-0.39, 0.29) is 85.7 Å². The summed E-state index contributed by atoms with van der Waals surface area (Å²) in [6.07, 6.45) is 4.32. The minimum atomic E-state index is -0.436. The number of allylic oxidation sites excluding steroid dienone is 2. The van der Waals surface area contributed by atoms with Crippen molar-refractivity contribution in [2.75, 3.05) is 59.7 Å². The Hall–Kier alpha value is -1.87. The maximum atomic E-state index is 12.9. The predicted molar refractivity (Wildman–Crippen MR) is 114 cm³/mol. The fourth-order valence-electron chi connectivity index (χ4n) is 3.74. The van der Waals surface area contributed by atoms with Crippen LogP contribution in [0.1, 0.15) is 16.1 Å². The van der Waals surface area contributed by atoms with Crippen molar-refractivity contribution in [3.8, 4) is 5.88 Å². The molecular formula is C21H25KN6O6. The van der Waals surface area contributed by atoms with Crippen LogP contribution in [0.25, 0.3) is 6.08 Å². The number of aryl methyl sites for hydroxylation is 1. The molecule has 34 heavy (non-hydrogen) atoms. The molecule has 0 bridgehead atoms. The van der Waals surface area contributed by atoms with E-state index in [0.717, 1.165) is 9.69 Å². The number of ether oxygens (including phenoxy) is 2. The molecule has 0 radical (unpaired) electrons. The summed E-state index contributed by atoms with van der Waals surface area (Å²) in [6.45, 7) is 3.37. The van der Waals surface area contributed by atoms with Crippen LogP contribution in [0.3, 0.4) is 0 Å². The molecule has 0 unspecified atom stereocenters. The average molecular weight is 497 g/mol. The molecule has 0 aliphatic carbocycles. The second-order valence-electron chi connectivity index (χ2n) is 7.72. The van der Waals surface area contributed by atoms with Crippen molar-refractivity contribution >= 4 is 29.5 Å². The number of likely N-dealkylation sites (N-methyl/N-ethyl adjacent to an activating group) is 1. The molecule has 2 saturated heterocycles. The first kappa shape index (κ1) is 26.7. The van der Waals surface area contributed by atoms with Crippen LogP contribution < -0.4 is 56.5 Å². The Morgan fingerprint density at radius 3 is 2.12 bits per heavy atom. The number of aromatic nitrogens is 2. The van der Waals surface area contributed by atoms with Crippen molar-refractivity contribution in [3.05, 3.63) is 29.0 Å². The standard InChI is InChI=1S/C21H26N6O6.K/c1-24-18(28)14(16(22-24)20(30)26-6-10-32-11-7-26)4-3-5-15-17(23-25(2)19(15)29)21(31)27-8-12-33-13-9-27;/h3-5,28H,6-13H2,1-2H3;/q;+1/p-1/b4-3+,15-5-;. The van der Waals surface area contributed by atoms with Gasteiger partial charge in [-0.25, -0.2) is 5.01 Å². The molecule has 12 nitrogen and oxygen atoms in total. The molecule has 0 saturated carbocycles. The van der Waals surface area contributed by atoms with Crippen molar-refractivity contribution in [1.29, 1.82) is 0 Å². The van der Waals surface area contributed by atoms with Crippen LogP contribution in [0.15, 0.2) is 22.8 Å². The van der Waals surface area contributed by atoms with Gasteiger partial charge in [0.15, 0.2) is 11.4 Å². The number of hydrogen-bond acceptors (Lipinski definition) is 8. The molecule has 4 rings (SSSR count). The number of carbonyl (C=O) groups is 3.